The summed E-state index contributed by atoms with van der Waals surface area (Å²) in [5, 5.41) is 0. The molecule has 0 radical (unpaired) electrons. The summed E-state index contributed by atoms with van der Waals surface area (Å²) in [6, 6.07) is 0. The van der Waals surface area contributed by atoms with Gasteiger partial charge in [-0.15, -0.1) is 6.58 Å². The maximum Gasteiger partial charge on any atom is 0.104 e. The van der Waals surface area contributed by atoms with Gasteiger partial charge in [-0.1, -0.05) is 26.8 Å². The van der Waals surface area contributed by atoms with E-state index in [4.69, 9.17) is 0 Å². The summed E-state index contributed by atoms with van der Waals surface area (Å²) in [5.74, 6) is 1.11. The van der Waals surface area contributed by atoms with Crippen molar-refractivity contribution in [1.29, 1.82) is 0 Å². The SMILES string of the molecule is C=CC/N=C(\N(C)C)C(C)(C)C. The maximum atomic E-state index is 4.44. The third kappa shape index (κ3) is 3.56. The van der Waals surface area contributed by atoms with E-state index < -0.39 is 0 Å². The summed E-state index contributed by atoms with van der Waals surface area (Å²) < 4.78 is 0. The average molecular weight is 168 g/mol. The van der Waals surface area contributed by atoms with Gasteiger partial charge in [0.15, 0.2) is 0 Å². The predicted molar refractivity (Wildman–Crippen MR) is 55.6 cm³/mol. The molecule has 0 atom stereocenters. The third-order valence-electron chi connectivity index (χ3n) is 1.46. The molecule has 12 heavy (non-hydrogen) atoms. The number of aliphatic imine (C=N–C) groups is 1. The average Bonchev–Trinajstić information content (AvgIpc) is 1.84. The van der Waals surface area contributed by atoms with Gasteiger partial charge in [0.1, 0.15) is 5.84 Å². The minimum absolute atomic E-state index is 0.118. The van der Waals surface area contributed by atoms with Crippen LogP contribution in [0.3, 0.4) is 0 Å². The van der Waals surface area contributed by atoms with Crippen LogP contribution in [0.25, 0.3) is 0 Å². The summed E-state index contributed by atoms with van der Waals surface area (Å²) in [6.07, 6.45) is 1.81. The molecule has 0 spiro atoms. The lowest BCUT2D eigenvalue weighted by atomic mass is 9.94. The van der Waals surface area contributed by atoms with E-state index in [0.717, 1.165) is 5.84 Å². The van der Waals surface area contributed by atoms with Crippen LogP contribution >= 0.6 is 0 Å². The first kappa shape index (κ1) is 11.2. The van der Waals surface area contributed by atoms with Crippen molar-refractivity contribution in [3.8, 4) is 0 Å². The minimum atomic E-state index is 0.118. The van der Waals surface area contributed by atoms with E-state index in [1.165, 1.54) is 0 Å². The Labute approximate surface area is 76.0 Å². The van der Waals surface area contributed by atoms with Crippen LogP contribution in [-0.2, 0) is 0 Å². The second-order valence-corrected chi connectivity index (χ2v) is 4.10. The molecular formula is C10H20N2. The molecule has 0 aliphatic rings. The maximum absolute atomic E-state index is 4.44. The number of rotatable bonds is 2. The lowest BCUT2D eigenvalue weighted by Crippen LogP contribution is -2.34. The van der Waals surface area contributed by atoms with E-state index in [-0.39, 0.29) is 5.41 Å². The first-order valence-electron chi connectivity index (χ1n) is 4.22. The van der Waals surface area contributed by atoms with Gasteiger partial charge in [-0.2, -0.15) is 0 Å². The van der Waals surface area contributed by atoms with Crippen molar-refractivity contribution in [1.82, 2.24) is 4.90 Å². The van der Waals surface area contributed by atoms with Crippen molar-refractivity contribution < 1.29 is 0 Å². The smallest absolute Gasteiger partial charge is 0.104 e. The highest BCUT2D eigenvalue weighted by atomic mass is 15.1. The lowest BCUT2D eigenvalue weighted by molar-refractivity contribution is 0.479. The highest BCUT2D eigenvalue weighted by molar-refractivity contribution is 5.86. The molecule has 2 heteroatoms. The van der Waals surface area contributed by atoms with Crippen LogP contribution in [0.5, 0.6) is 0 Å². The Morgan fingerprint density at radius 1 is 1.42 bits per heavy atom. The van der Waals surface area contributed by atoms with E-state index in [0.29, 0.717) is 6.54 Å². The van der Waals surface area contributed by atoms with Gasteiger partial charge in [-0.3, -0.25) is 4.99 Å². The van der Waals surface area contributed by atoms with Gasteiger partial charge in [0.25, 0.3) is 0 Å². The largest absolute Gasteiger partial charge is 0.366 e. The topological polar surface area (TPSA) is 15.6 Å². The third-order valence-corrected chi connectivity index (χ3v) is 1.46. The first-order valence-corrected chi connectivity index (χ1v) is 4.22. The Morgan fingerprint density at radius 3 is 2.17 bits per heavy atom. The fourth-order valence-corrected chi connectivity index (χ4v) is 1.20. The van der Waals surface area contributed by atoms with Gasteiger partial charge >= 0.3 is 0 Å². The first-order chi connectivity index (χ1) is 5.39. The molecule has 0 aliphatic heterocycles. The second kappa shape index (κ2) is 4.29. The molecule has 0 saturated heterocycles. The Bertz CT molecular complexity index is 173. The van der Waals surface area contributed by atoms with Crippen LogP contribution in [0.1, 0.15) is 20.8 Å². The molecular weight excluding hydrogens is 148 g/mol. The predicted octanol–water partition coefficient (Wildman–Crippen LogP) is 2.18. The minimum Gasteiger partial charge on any atom is -0.366 e. The molecule has 2 nitrogen and oxygen atoms in total. The van der Waals surface area contributed by atoms with Crippen LogP contribution < -0.4 is 0 Å². The van der Waals surface area contributed by atoms with E-state index in [9.17, 15) is 0 Å². The van der Waals surface area contributed by atoms with Gasteiger partial charge in [0, 0.05) is 19.5 Å². The van der Waals surface area contributed by atoms with Gasteiger partial charge in [-0.05, 0) is 0 Å². The van der Waals surface area contributed by atoms with E-state index in [2.05, 4.69) is 37.2 Å². The molecule has 0 aromatic carbocycles. The van der Waals surface area contributed by atoms with Gasteiger partial charge in [0.2, 0.25) is 0 Å². The summed E-state index contributed by atoms with van der Waals surface area (Å²) in [4.78, 5) is 6.50. The van der Waals surface area contributed by atoms with Crippen molar-refractivity contribution in [3.63, 3.8) is 0 Å². The Balaban J connectivity index is 4.55. The quantitative estimate of drug-likeness (QED) is 0.350. The van der Waals surface area contributed by atoms with Crippen molar-refractivity contribution in [2.45, 2.75) is 20.8 Å². The number of hydrogen-bond donors (Lipinski definition) is 0. The van der Waals surface area contributed by atoms with Gasteiger partial charge in [0.05, 0.1) is 6.54 Å². The molecule has 0 aromatic heterocycles. The normalized spacial score (nSPS) is 12.9. The van der Waals surface area contributed by atoms with E-state index in [1.54, 1.807) is 0 Å². The second-order valence-electron chi connectivity index (χ2n) is 4.10. The Morgan fingerprint density at radius 2 is 1.92 bits per heavy atom. The molecule has 0 heterocycles. The van der Waals surface area contributed by atoms with Crippen molar-refractivity contribution in [3.05, 3.63) is 12.7 Å². The standard InChI is InChI=1S/C10H20N2/c1-7-8-11-9(12(5)6)10(2,3)4/h7H,1,8H2,2-6H3/b11-9-. The fourth-order valence-electron chi connectivity index (χ4n) is 1.20. The molecule has 0 rings (SSSR count). The molecule has 0 saturated carbocycles. The van der Waals surface area contributed by atoms with Crippen LogP contribution in [0.4, 0.5) is 0 Å². The van der Waals surface area contributed by atoms with E-state index >= 15 is 0 Å². The molecule has 0 fully saturated rings. The van der Waals surface area contributed by atoms with Crippen molar-refractivity contribution in [2.75, 3.05) is 20.6 Å². The monoisotopic (exact) mass is 168 g/mol. The highest BCUT2D eigenvalue weighted by Gasteiger charge is 2.19. The van der Waals surface area contributed by atoms with Crippen molar-refractivity contribution in [2.24, 2.45) is 10.4 Å². The lowest BCUT2D eigenvalue weighted by Gasteiger charge is -2.27. The Kier molecular flexibility index (Phi) is 4.01. The number of nitrogens with zero attached hydrogens (tertiary/aromatic N) is 2. The molecule has 0 aliphatic carbocycles. The van der Waals surface area contributed by atoms with Crippen molar-refractivity contribution >= 4 is 5.84 Å². The van der Waals surface area contributed by atoms with Gasteiger partial charge < -0.3 is 4.90 Å². The molecule has 0 amide bonds. The van der Waals surface area contributed by atoms with Crippen LogP contribution in [0.15, 0.2) is 17.6 Å². The Hall–Kier alpha value is -0.790. The highest BCUT2D eigenvalue weighted by Crippen LogP contribution is 2.17. The summed E-state index contributed by atoms with van der Waals surface area (Å²) in [5.41, 5.74) is 0.118. The number of hydrogen-bond acceptors (Lipinski definition) is 1. The summed E-state index contributed by atoms with van der Waals surface area (Å²) in [7, 11) is 4.04. The zero-order valence-corrected chi connectivity index (χ0v) is 8.89. The van der Waals surface area contributed by atoms with Gasteiger partial charge in [-0.25, -0.2) is 0 Å². The summed E-state index contributed by atoms with van der Waals surface area (Å²) >= 11 is 0. The molecule has 0 unspecified atom stereocenters. The zero-order valence-electron chi connectivity index (χ0n) is 8.89. The fraction of sp³-hybridized carbons (Fsp3) is 0.700. The molecule has 70 valence electrons. The van der Waals surface area contributed by atoms with E-state index in [1.807, 2.05) is 20.2 Å². The van der Waals surface area contributed by atoms with Crippen LogP contribution in [-0.4, -0.2) is 31.4 Å². The number of amidine groups is 1. The van der Waals surface area contributed by atoms with Crippen LogP contribution in [0, 0.1) is 5.41 Å². The zero-order chi connectivity index (χ0) is 9.78. The molecule has 0 N–H and O–H groups in total. The molecule has 0 aromatic rings. The summed E-state index contributed by atoms with van der Waals surface area (Å²) in [6.45, 7) is 10.8. The molecule has 0 bridgehead atoms. The van der Waals surface area contributed by atoms with Crippen LogP contribution in [0.2, 0.25) is 0 Å².